The van der Waals surface area contributed by atoms with Crippen LogP contribution in [0, 0.1) is 0 Å². The smallest absolute Gasteiger partial charge is 0.359 e. The number of likely N-dealkylation sites (tertiary alicyclic amines) is 1. The third-order valence-corrected chi connectivity index (χ3v) is 6.00. The summed E-state index contributed by atoms with van der Waals surface area (Å²) >= 11 is 3.65. The fourth-order valence-electron chi connectivity index (χ4n) is 4.14. The molecule has 0 spiro atoms. The maximum absolute atomic E-state index is 12.2. The molecule has 1 aromatic carbocycles. The van der Waals surface area contributed by atoms with Gasteiger partial charge in [-0.05, 0) is 47.1 Å². The zero-order valence-corrected chi connectivity index (χ0v) is 16.7. The highest BCUT2D eigenvalue weighted by Gasteiger charge is 2.53. The van der Waals surface area contributed by atoms with Crippen molar-refractivity contribution in [3.8, 4) is 0 Å². The molecule has 3 rings (SSSR count). The molecule has 1 saturated heterocycles. The van der Waals surface area contributed by atoms with Gasteiger partial charge in [-0.2, -0.15) is 0 Å². The molecule has 8 heteroatoms. The van der Waals surface area contributed by atoms with E-state index in [1.54, 1.807) is 7.05 Å². The van der Waals surface area contributed by atoms with E-state index in [4.69, 9.17) is 4.74 Å². The lowest BCUT2D eigenvalue weighted by Crippen LogP contribution is -2.45. The van der Waals surface area contributed by atoms with Gasteiger partial charge < -0.3 is 15.0 Å². The van der Waals surface area contributed by atoms with Gasteiger partial charge in [0.1, 0.15) is 0 Å². The molecule has 2 aliphatic rings. The van der Waals surface area contributed by atoms with E-state index in [1.165, 1.54) is 17.5 Å². The Kier molecular flexibility index (Phi) is 4.45. The topological polar surface area (TPSA) is 65.1 Å². The van der Waals surface area contributed by atoms with Crippen LogP contribution >= 0.6 is 15.9 Å². The summed E-state index contributed by atoms with van der Waals surface area (Å²) in [7, 11) is 7.25. The first-order chi connectivity index (χ1) is 11.7. The lowest BCUT2D eigenvalue weighted by molar-refractivity contribution is 0.157. The summed E-state index contributed by atoms with van der Waals surface area (Å²) < 4.78 is 5.65. The SMILES string of the molecule is CNC(=O)OC(=O)N(C)c1cc(Br)c2c(c1)[C@]1(C)CCN(C)C1N2C. The highest BCUT2D eigenvalue weighted by Crippen LogP contribution is 2.54. The van der Waals surface area contributed by atoms with Crippen molar-refractivity contribution >= 4 is 39.5 Å². The number of benzene rings is 1. The quantitative estimate of drug-likeness (QED) is 0.720. The highest BCUT2D eigenvalue weighted by molar-refractivity contribution is 9.10. The van der Waals surface area contributed by atoms with E-state index in [2.05, 4.69) is 52.1 Å². The van der Waals surface area contributed by atoms with Crippen LogP contribution in [0.25, 0.3) is 0 Å². The number of alkyl carbamates (subject to hydrolysis) is 1. The molecule has 2 atom stereocenters. The van der Waals surface area contributed by atoms with Gasteiger partial charge in [0.25, 0.3) is 0 Å². The summed E-state index contributed by atoms with van der Waals surface area (Å²) in [6.45, 7) is 3.30. The Hall–Kier alpha value is -1.80. The number of nitrogens with one attached hydrogen (secondary N) is 1. The van der Waals surface area contributed by atoms with Crippen LogP contribution in [0.5, 0.6) is 0 Å². The van der Waals surface area contributed by atoms with Crippen molar-refractivity contribution in [2.45, 2.75) is 24.9 Å². The Morgan fingerprint density at radius 3 is 2.72 bits per heavy atom. The van der Waals surface area contributed by atoms with Crippen molar-refractivity contribution in [3.05, 3.63) is 22.2 Å². The van der Waals surface area contributed by atoms with Gasteiger partial charge in [0.2, 0.25) is 0 Å². The minimum absolute atomic E-state index is 0.0110. The van der Waals surface area contributed by atoms with Crippen LogP contribution in [0.4, 0.5) is 21.0 Å². The minimum atomic E-state index is -0.777. The Labute approximate surface area is 156 Å². The van der Waals surface area contributed by atoms with Crippen LogP contribution in [-0.4, -0.2) is 58.0 Å². The Morgan fingerprint density at radius 2 is 2.08 bits per heavy atom. The number of halogens is 1. The standard InChI is InChI=1S/C17H23BrN4O3/c1-17-6-7-20(3)14(17)22(5)13-11(17)8-10(9-12(13)18)21(4)16(24)25-15(23)19-2/h8-9,14H,6-7H2,1-5H3,(H,19,23)/t14?,17-/m0/s1. The summed E-state index contributed by atoms with van der Waals surface area (Å²) in [6.07, 6.45) is -0.158. The molecule has 2 amide bonds. The van der Waals surface area contributed by atoms with Crippen molar-refractivity contribution in [2.24, 2.45) is 0 Å². The molecule has 7 nitrogen and oxygen atoms in total. The predicted octanol–water partition coefficient (Wildman–Crippen LogP) is 2.73. The van der Waals surface area contributed by atoms with Gasteiger partial charge in [-0.15, -0.1) is 0 Å². The second kappa shape index (κ2) is 6.17. The van der Waals surface area contributed by atoms with Gasteiger partial charge in [0.15, 0.2) is 0 Å². The summed E-state index contributed by atoms with van der Waals surface area (Å²) in [5.74, 6) is 0. The van der Waals surface area contributed by atoms with Crippen molar-refractivity contribution in [1.82, 2.24) is 10.2 Å². The first-order valence-electron chi connectivity index (χ1n) is 8.15. The number of hydrogen-bond acceptors (Lipinski definition) is 5. The average Bonchev–Trinajstić information content (AvgIpc) is 2.99. The number of rotatable bonds is 1. The zero-order chi connectivity index (χ0) is 18.5. The maximum atomic E-state index is 12.2. The van der Waals surface area contributed by atoms with Crippen LogP contribution in [0.2, 0.25) is 0 Å². The Bertz CT molecular complexity index is 741. The van der Waals surface area contributed by atoms with E-state index in [-0.39, 0.29) is 11.6 Å². The first-order valence-corrected chi connectivity index (χ1v) is 8.94. The van der Waals surface area contributed by atoms with Crippen molar-refractivity contribution < 1.29 is 14.3 Å². The largest absolute Gasteiger partial charge is 0.423 e. The molecule has 2 heterocycles. The summed E-state index contributed by atoms with van der Waals surface area (Å²) in [5.41, 5.74) is 3.02. The van der Waals surface area contributed by atoms with Crippen LogP contribution in [0.3, 0.4) is 0 Å². The number of fused-ring (bicyclic) bond motifs is 3. The molecule has 136 valence electrons. The number of anilines is 2. The molecular formula is C17H23BrN4O3. The van der Waals surface area contributed by atoms with E-state index >= 15 is 0 Å². The third-order valence-electron chi connectivity index (χ3n) is 5.40. The number of carbonyl (C=O) groups is 2. The third kappa shape index (κ3) is 2.67. The second-order valence-electron chi connectivity index (χ2n) is 6.92. The number of nitrogens with zero attached hydrogens (tertiary/aromatic N) is 3. The maximum Gasteiger partial charge on any atom is 0.423 e. The monoisotopic (exact) mass is 410 g/mol. The molecule has 2 aliphatic heterocycles. The van der Waals surface area contributed by atoms with Gasteiger partial charge >= 0.3 is 12.2 Å². The minimum Gasteiger partial charge on any atom is -0.359 e. The number of ether oxygens (including phenoxy) is 1. The van der Waals surface area contributed by atoms with E-state index in [0.29, 0.717) is 5.69 Å². The molecule has 0 saturated carbocycles. The zero-order valence-electron chi connectivity index (χ0n) is 15.1. The van der Waals surface area contributed by atoms with Gasteiger partial charge in [-0.25, -0.2) is 9.59 Å². The number of carbonyl (C=O) groups excluding carboxylic acids is 2. The van der Waals surface area contributed by atoms with Gasteiger partial charge in [-0.1, -0.05) is 6.92 Å². The lowest BCUT2D eigenvalue weighted by atomic mass is 9.81. The average molecular weight is 411 g/mol. The number of hydrogen-bond donors (Lipinski definition) is 1. The van der Waals surface area contributed by atoms with Gasteiger partial charge in [-0.3, -0.25) is 9.80 Å². The van der Waals surface area contributed by atoms with E-state index in [9.17, 15) is 9.59 Å². The molecule has 25 heavy (non-hydrogen) atoms. The van der Waals surface area contributed by atoms with Crippen molar-refractivity contribution in [2.75, 3.05) is 44.5 Å². The number of amides is 2. The van der Waals surface area contributed by atoms with Gasteiger partial charge in [0.05, 0.1) is 11.9 Å². The summed E-state index contributed by atoms with van der Waals surface area (Å²) in [4.78, 5) is 29.4. The second-order valence-corrected chi connectivity index (χ2v) is 7.78. The molecule has 1 fully saturated rings. The normalized spacial score (nSPS) is 24.7. The fraction of sp³-hybridized carbons (Fsp3) is 0.529. The van der Waals surface area contributed by atoms with Gasteiger partial charge in [0, 0.05) is 43.3 Å². The number of likely N-dealkylation sites (N-methyl/N-ethyl adjacent to an activating group) is 2. The first kappa shape index (κ1) is 18.0. The van der Waals surface area contributed by atoms with Crippen molar-refractivity contribution in [3.63, 3.8) is 0 Å². The van der Waals surface area contributed by atoms with Crippen LogP contribution in [-0.2, 0) is 10.2 Å². The fourth-order valence-corrected chi connectivity index (χ4v) is 4.87. The molecule has 1 N–H and O–H groups in total. The molecule has 1 unspecified atom stereocenters. The highest BCUT2D eigenvalue weighted by atomic mass is 79.9. The summed E-state index contributed by atoms with van der Waals surface area (Å²) in [5, 5.41) is 2.27. The predicted molar refractivity (Wildman–Crippen MR) is 100 cm³/mol. The van der Waals surface area contributed by atoms with E-state index < -0.39 is 12.2 Å². The van der Waals surface area contributed by atoms with Crippen LogP contribution in [0.15, 0.2) is 16.6 Å². The molecule has 0 aliphatic carbocycles. The molecule has 0 aromatic heterocycles. The Balaban J connectivity index is 1.99. The van der Waals surface area contributed by atoms with Crippen LogP contribution < -0.4 is 15.1 Å². The molecule has 1 aromatic rings. The van der Waals surface area contributed by atoms with Crippen LogP contribution in [0.1, 0.15) is 18.9 Å². The van der Waals surface area contributed by atoms with E-state index in [0.717, 1.165) is 23.1 Å². The lowest BCUT2D eigenvalue weighted by Gasteiger charge is -2.32. The Morgan fingerprint density at radius 1 is 1.40 bits per heavy atom. The molecule has 0 radical (unpaired) electrons. The molecular weight excluding hydrogens is 388 g/mol. The molecule has 0 bridgehead atoms. The summed E-state index contributed by atoms with van der Waals surface area (Å²) in [6, 6.07) is 3.91. The van der Waals surface area contributed by atoms with E-state index in [1.807, 2.05) is 12.1 Å². The van der Waals surface area contributed by atoms with Crippen molar-refractivity contribution in [1.29, 1.82) is 0 Å².